The Bertz CT molecular complexity index is 978. The predicted molar refractivity (Wildman–Crippen MR) is 114 cm³/mol. The first kappa shape index (κ1) is 21.3. The van der Waals surface area contributed by atoms with Crippen molar-refractivity contribution in [2.75, 3.05) is 27.4 Å². The van der Waals surface area contributed by atoms with Gasteiger partial charge in [-0.3, -0.25) is 4.79 Å². The molecule has 0 atom stereocenters. The summed E-state index contributed by atoms with van der Waals surface area (Å²) in [7, 11) is 2.93. The largest absolute Gasteiger partial charge is 0.465 e. The van der Waals surface area contributed by atoms with Crippen molar-refractivity contribution in [3.63, 3.8) is 0 Å². The first-order chi connectivity index (χ1) is 14.5. The Morgan fingerprint density at radius 3 is 2.47 bits per heavy atom. The Hall–Kier alpha value is -3.38. The fourth-order valence-corrected chi connectivity index (χ4v) is 3.32. The molecule has 156 valence electrons. The van der Waals surface area contributed by atoms with Crippen LogP contribution >= 0.6 is 0 Å². The van der Waals surface area contributed by atoms with Crippen molar-refractivity contribution in [3.8, 4) is 11.5 Å². The smallest absolute Gasteiger partial charge is 0.340 e. The molecule has 0 saturated heterocycles. The van der Waals surface area contributed by atoms with E-state index in [1.807, 2.05) is 54.6 Å². The fourth-order valence-electron chi connectivity index (χ4n) is 3.32. The molecule has 30 heavy (non-hydrogen) atoms. The van der Waals surface area contributed by atoms with Gasteiger partial charge in [-0.05, 0) is 49.2 Å². The van der Waals surface area contributed by atoms with Gasteiger partial charge in [0.05, 0.1) is 18.3 Å². The van der Waals surface area contributed by atoms with Crippen LogP contribution in [0.4, 0.5) is 0 Å². The Kier molecular flexibility index (Phi) is 7.03. The minimum atomic E-state index is -0.530. The third-order valence-corrected chi connectivity index (χ3v) is 4.78. The van der Waals surface area contributed by atoms with E-state index in [9.17, 15) is 9.59 Å². The fraction of sp³-hybridized carbons (Fsp3) is 0.250. The number of esters is 1. The second-order valence-corrected chi connectivity index (χ2v) is 6.80. The van der Waals surface area contributed by atoms with Gasteiger partial charge in [0, 0.05) is 26.0 Å². The first-order valence-corrected chi connectivity index (χ1v) is 9.70. The van der Waals surface area contributed by atoms with Crippen molar-refractivity contribution in [1.29, 1.82) is 0 Å². The molecule has 1 aliphatic heterocycles. The number of nitrogens with zero attached hydrogens (tertiary/aromatic N) is 1. The van der Waals surface area contributed by atoms with Gasteiger partial charge < -0.3 is 19.1 Å². The molecule has 0 fully saturated rings. The molecule has 0 saturated carbocycles. The van der Waals surface area contributed by atoms with Crippen LogP contribution in [0, 0.1) is 0 Å². The van der Waals surface area contributed by atoms with E-state index in [0.717, 1.165) is 11.3 Å². The number of hydrogen-bond donors (Lipinski definition) is 0. The summed E-state index contributed by atoms with van der Waals surface area (Å²) in [5.41, 5.74) is 1.94. The van der Waals surface area contributed by atoms with Crippen LogP contribution in [0.15, 0.2) is 71.4 Å². The first-order valence-electron chi connectivity index (χ1n) is 9.70. The van der Waals surface area contributed by atoms with Crippen LogP contribution in [0.2, 0.25) is 0 Å². The molecule has 3 rings (SSSR count). The Labute approximate surface area is 176 Å². The maximum absolute atomic E-state index is 13.1. The lowest BCUT2D eigenvalue weighted by molar-refractivity contribution is -0.136. The summed E-state index contributed by atoms with van der Waals surface area (Å²) in [4.78, 5) is 27.1. The number of allylic oxidation sites excluding steroid dienone is 1. The van der Waals surface area contributed by atoms with Crippen molar-refractivity contribution < 1.29 is 23.8 Å². The summed E-state index contributed by atoms with van der Waals surface area (Å²) in [5.74, 6) is 0.601. The highest BCUT2D eigenvalue weighted by molar-refractivity contribution is 6.16. The minimum absolute atomic E-state index is 0.224. The highest BCUT2D eigenvalue weighted by Gasteiger charge is 2.36. The highest BCUT2D eigenvalue weighted by atomic mass is 16.5. The second kappa shape index (κ2) is 9.89. The Morgan fingerprint density at radius 1 is 1.03 bits per heavy atom. The topological polar surface area (TPSA) is 65.1 Å². The van der Waals surface area contributed by atoms with Crippen LogP contribution in [-0.4, -0.2) is 44.1 Å². The third kappa shape index (κ3) is 4.78. The van der Waals surface area contributed by atoms with E-state index < -0.39 is 5.97 Å². The average molecular weight is 407 g/mol. The van der Waals surface area contributed by atoms with Gasteiger partial charge >= 0.3 is 5.97 Å². The van der Waals surface area contributed by atoms with Gasteiger partial charge in [-0.2, -0.15) is 0 Å². The molecule has 0 N–H and O–H groups in total. The monoisotopic (exact) mass is 407 g/mol. The van der Waals surface area contributed by atoms with Gasteiger partial charge in [0.25, 0.3) is 5.91 Å². The standard InChI is InChI=1S/C24H25NO5/c1-17-22(24(27)29-3)21(23(26)25(17)13-8-14-28-2)16-18-9-7-12-20(15-18)30-19-10-5-4-6-11-19/h4-7,9-12,15-16H,8,13-14H2,1-3H3/b21-16-. The number of rotatable bonds is 8. The van der Waals surface area contributed by atoms with Crippen LogP contribution in [0.3, 0.4) is 0 Å². The van der Waals surface area contributed by atoms with Crippen LogP contribution in [0.5, 0.6) is 11.5 Å². The number of ether oxygens (including phenoxy) is 3. The molecule has 6 heteroatoms. The summed E-state index contributed by atoms with van der Waals surface area (Å²) in [6.07, 6.45) is 2.37. The van der Waals surface area contributed by atoms with E-state index in [2.05, 4.69) is 0 Å². The van der Waals surface area contributed by atoms with Gasteiger partial charge in [0.15, 0.2) is 0 Å². The molecule has 2 aromatic carbocycles. The summed E-state index contributed by atoms with van der Waals surface area (Å²) in [6.45, 7) is 2.75. The van der Waals surface area contributed by atoms with Crippen molar-refractivity contribution in [3.05, 3.63) is 77.0 Å². The molecule has 0 bridgehead atoms. The maximum Gasteiger partial charge on any atom is 0.340 e. The van der Waals surface area contributed by atoms with Gasteiger partial charge in [-0.1, -0.05) is 30.3 Å². The zero-order chi connectivity index (χ0) is 21.5. The lowest BCUT2D eigenvalue weighted by Gasteiger charge is -2.17. The molecule has 2 aromatic rings. The van der Waals surface area contributed by atoms with Crippen molar-refractivity contribution in [1.82, 2.24) is 4.90 Å². The lowest BCUT2D eigenvalue weighted by atomic mass is 10.0. The van der Waals surface area contributed by atoms with E-state index in [1.54, 1.807) is 25.0 Å². The molecule has 0 aromatic heterocycles. The number of benzene rings is 2. The molecule has 1 amide bonds. The molecule has 0 radical (unpaired) electrons. The summed E-state index contributed by atoms with van der Waals surface area (Å²) in [6, 6.07) is 16.8. The van der Waals surface area contributed by atoms with Gasteiger partial charge in [-0.15, -0.1) is 0 Å². The minimum Gasteiger partial charge on any atom is -0.465 e. The number of amides is 1. The van der Waals surface area contributed by atoms with Crippen molar-refractivity contribution in [2.45, 2.75) is 13.3 Å². The van der Waals surface area contributed by atoms with E-state index in [1.165, 1.54) is 7.11 Å². The molecular formula is C24H25NO5. The van der Waals surface area contributed by atoms with Gasteiger partial charge in [-0.25, -0.2) is 4.79 Å². The molecule has 6 nitrogen and oxygen atoms in total. The molecular weight excluding hydrogens is 382 g/mol. The second-order valence-electron chi connectivity index (χ2n) is 6.80. The average Bonchev–Trinajstić information content (AvgIpc) is 2.98. The number of hydrogen-bond acceptors (Lipinski definition) is 5. The van der Waals surface area contributed by atoms with Crippen LogP contribution in [0.25, 0.3) is 6.08 Å². The summed E-state index contributed by atoms with van der Waals surface area (Å²) < 4.78 is 15.9. The van der Waals surface area contributed by atoms with Crippen molar-refractivity contribution in [2.24, 2.45) is 0 Å². The maximum atomic E-state index is 13.1. The summed E-state index contributed by atoms with van der Waals surface area (Å²) in [5, 5.41) is 0. The highest BCUT2D eigenvalue weighted by Crippen LogP contribution is 2.32. The van der Waals surface area contributed by atoms with Crippen LogP contribution in [0.1, 0.15) is 18.9 Å². The lowest BCUT2D eigenvalue weighted by Crippen LogP contribution is -2.26. The zero-order valence-corrected chi connectivity index (χ0v) is 17.4. The normalized spacial score (nSPS) is 15.1. The zero-order valence-electron chi connectivity index (χ0n) is 17.4. The van der Waals surface area contributed by atoms with Crippen LogP contribution < -0.4 is 4.74 Å². The Balaban J connectivity index is 1.91. The predicted octanol–water partition coefficient (Wildman–Crippen LogP) is 4.19. The molecule has 1 heterocycles. The number of methoxy groups -OCH3 is 2. The van der Waals surface area contributed by atoms with Gasteiger partial charge in [0.2, 0.25) is 0 Å². The van der Waals surface area contributed by atoms with Crippen LogP contribution in [-0.2, 0) is 19.1 Å². The van der Waals surface area contributed by atoms with E-state index in [4.69, 9.17) is 14.2 Å². The number of para-hydroxylation sites is 1. The van der Waals surface area contributed by atoms with Crippen molar-refractivity contribution >= 4 is 18.0 Å². The van der Waals surface area contributed by atoms with Gasteiger partial charge in [0.1, 0.15) is 11.5 Å². The molecule has 1 aliphatic rings. The van der Waals surface area contributed by atoms with E-state index in [0.29, 0.717) is 36.6 Å². The Morgan fingerprint density at radius 2 is 1.77 bits per heavy atom. The molecule has 0 aliphatic carbocycles. The quantitative estimate of drug-likeness (QED) is 0.373. The number of carbonyl (C=O) groups excluding carboxylic acids is 2. The SMILES string of the molecule is COCCCN1C(=O)/C(=C\c2cccc(Oc3ccccc3)c2)C(C(=O)OC)=C1C. The molecule has 0 spiro atoms. The summed E-state index contributed by atoms with van der Waals surface area (Å²) >= 11 is 0. The molecule has 0 unspecified atom stereocenters. The third-order valence-electron chi connectivity index (χ3n) is 4.78. The van der Waals surface area contributed by atoms with E-state index >= 15 is 0 Å². The number of carbonyl (C=O) groups is 2. The van der Waals surface area contributed by atoms with E-state index in [-0.39, 0.29) is 11.5 Å².